The normalized spacial score (nSPS) is 52.6. The first-order chi connectivity index (χ1) is 8.54. The van der Waals surface area contributed by atoms with Crippen molar-refractivity contribution in [3.8, 4) is 12.1 Å². The molecular weight excluding hydrogens is 232 g/mol. The van der Waals surface area contributed by atoms with Crippen molar-refractivity contribution in [2.45, 2.75) is 32.3 Å². The number of nitrogens with one attached hydrogen (secondary N) is 1. The number of rotatable bonds is 1. The van der Waals surface area contributed by atoms with E-state index in [0.29, 0.717) is 18.9 Å². The maximum absolute atomic E-state index is 9.62. The van der Waals surface area contributed by atoms with Crippen molar-refractivity contribution < 1.29 is 14.5 Å². The van der Waals surface area contributed by atoms with Crippen LogP contribution in [0.2, 0.25) is 0 Å². The number of fused-ring (bicyclic) bond motifs is 2. The maximum Gasteiger partial charge on any atom is 0.343 e. The first kappa shape index (κ1) is 11.5. The van der Waals surface area contributed by atoms with Gasteiger partial charge in [-0.2, -0.15) is 10.5 Å². The predicted octanol–water partition coefficient (Wildman–Crippen LogP) is -1.41. The lowest BCUT2D eigenvalue weighted by molar-refractivity contribution is -0.678. The van der Waals surface area contributed by atoms with Crippen LogP contribution < -0.4 is 10.7 Å². The molecule has 5 atom stereocenters. The SMILES string of the molecule is CC[C@H]1[C@@]2(C#N)[C@@]3([NH+]=C(N)[C@@]12C#N)OC[C@H](C)O3. The Kier molecular flexibility index (Phi) is 1.93. The molecule has 2 heterocycles. The Morgan fingerprint density at radius 3 is 2.61 bits per heavy atom. The highest BCUT2D eigenvalue weighted by atomic mass is 16.8. The number of hydrogen-bond acceptors (Lipinski definition) is 5. The molecule has 0 bridgehead atoms. The van der Waals surface area contributed by atoms with Crippen molar-refractivity contribution in [2.24, 2.45) is 22.5 Å². The van der Waals surface area contributed by atoms with Gasteiger partial charge in [0.05, 0.1) is 24.8 Å². The van der Waals surface area contributed by atoms with Gasteiger partial charge in [0, 0.05) is 5.92 Å². The fraction of sp³-hybridized carbons (Fsp3) is 0.750. The van der Waals surface area contributed by atoms with Gasteiger partial charge in [0.2, 0.25) is 0 Å². The van der Waals surface area contributed by atoms with Crippen LogP contribution in [0.4, 0.5) is 0 Å². The van der Waals surface area contributed by atoms with Crippen LogP contribution in [0.5, 0.6) is 0 Å². The van der Waals surface area contributed by atoms with Crippen molar-refractivity contribution in [3.05, 3.63) is 0 Å². The standard InChI is InChI=1S/C12H14N4O2/c1-3-8-10(5-13)9(15)16-12(11(8,10)6-14)17-4-7(2)18-12/h7-8H,3-4H2,1-2H3,(H2,15,16)/p+1/t7-,8+,10+,11+,12+/m0/s1. The molecule has 0 aromatic rings. The molecule has 2 aliphatic heterocycles. The second-order valence-electron chi connectivity index (χ2n) is 5.20. The molecule has 0 amide bonds. The molecule has 18 heavy (non-hydrogen) atoms. The number of nitrogens with zero attached hydrogens (tertiary/aromatic N) is 2. The molecule has 6 heteroatoms. The van der Waals surface area contributed by atoms with Crippen molar-refractivity contribution in [1.82, 2.24) is 0 Å². The number of amidine groups is 1. The lowest BCUT2D eigenvalue weighted by atomic mass is 9.94. The average Bonchev–Trinajstić information content (AvgIpc) is 2.73. The minimum Gasteiger partial charge on any atom is -0.311 e. The molecule has 1 saturated heterocycles. The number of nitriles is 2. The summed E-state index contributed by atoms with van der Waals surface area (Å²) < 4.78 is 11.5. The van der Waals surface area contributed by atoms with E-state index in [0.717, 1.165) is 0 Å². The summed E-state index contributed by atoms with van der Waals surface area (Å²) >= 11 is 0. The molecule has 0 aromatic carbocycles. The third-order valence-corrected chi connectivity index (χ3v) is 4.48. The molecular formula is C12H15N4O2+. The Balaban J connectivity index is 2.17. The van der Waals surface area contributed by atoms with Crippen LogP contribution in [0.25, 0.3) is 0 Å². The fourth-order valence-electron chi connectivity index (χ4n) is 3.75. The summed E-state index contributed by atoms with van der Waals surface area (Å²) in [6, 6.07) is 4.47. The summed E-state index contributed by atoms with van der Waals surface area (Å²) in [7, 11) is 0. The Hall–Kier alpha value is -1.63. The van der Waals surface area contributed by atoms with Crippen molar-refractivity contribution in [1.29, 1.82) is 10.5 Å². The molecule has 6 nitrogen and oxygen atoms in total. The van der Waals surface area contributed by atoms with Crippen LogP contribution in [0.15, 0.2) is 0 Å². The molecule has 3 N–H and O–H groups in total. The van der Waals surface area contributed by atoms with E-state index in [2.05, 4.69) is 17.1 Å². The third-order valence-electron chi connectivity index (χ3n) is 4.48. The smallest absolute Gasteiger partial charge is 0.311 e. The molecule has 94 valence electrons. The van der Waals surface area contributed by atoms with Crippen LogP contribution in [0.1, 0.15) is 20.3 Å². The highest BCUT2D eigenvalue weighted by Crippen LogP contribution is 2.75. The number of ether oxygens (including phenoxy) is 2. The molecule has 2 fully saturated rings. The van der Waals surface area contributed by atoms with E-state index in [-0.39, 0.29) is 12.0 Å². The first-order valence-electron chi connectivity index (χ1n) is 6.10. The Morgan fingerprint density at radius 2 is 2.22 bits per heavy atom. The Morgan fingerprint density at radius 1 is 1.50 bits per heavy atom. The van der Waals surface area contributed by atoms with Crippen LogP contribution in [-0.2, 0) is 9.47 Å². The maximum atomic E-state index is 9.62. The molecule has 1 saturated carbocycles. The van der Waals surface area contributed by atoms with Gasteiger partial charge < -0.3 is 9.47 Å². The van der Waals surface area contributed by atoms with Gasteiger partial charge in [-0.1, -0.05) is 6.92 Å². The van der Waals surface area contributed by atoms with E-state index in [1.54, 1.807) is 0 Å². The molecule has 0 unspecified atom stereocenters. The lowest BCUT2D eigenvalue weighted by Gasteiger charge is -2.23. The highest BCUT2D eigenvalue weighted by molar-refractivity contribution is 5.93. The summed E-state index contributed by atoms with van der Waals surface area (Å²) in [5.74, 6) is -1.10. The first-order valence-corrected chi connectivity index (χ1v) is 6.10. The molecule has 1 spiro atoms. The molecule has 3 aliphatic rings. The summed E-state index contributed by atoms with van der Waals surface area (Å²) in [4.78, 5) is 2.91. The Bertz CT molecular complexity index is 533. The van der Waals surface area contributed by atoms with Gasteiger partial charge in [-0.15, -0.1) is 0 Å². The predicted molar refractivity (Wildman–Crippen MR) is 59.3 cm³/mol. The minimum atomic E-state index is -1.25. The van der Waals surface area contributed by atoms with Gasteiger partial charge in [0.15, 0.2) is 10.8 Å². The monoisotopic (exact) mass is 247 g/mol. The summed E-state index contributed by atoms with van der Waals surface area (Å²) in [6.45, 7) is 4.20. The molecule has 3 rings (SSSR count). The van der Waals surface area contributed by atoms with E-state index in [9.17, 15) is 10.5 Å². The molecule has 0 radical (unpaired) electrons. The van der Waals surface area contributed by atoms with Crippen LogP contribution in [-0.4, -0.2) is 24.5 Å². The van der Waals surface area contributed by atoms with Crippen molar-refractivity contribution in [3.63, 3.8) is 0 Å². The molecule has 0 aromatic heterocycles. The quantitative estimate of drug-likeness (QED) is 0.592. The van der Waals surface area contributed by atoms with E-state index in [4.69, 9.17) is 15.2 Å². The highest BCUT2D eigenvalue weighted by Gasteiger charge is 2.96. The largest absolute Gasteiger partial charge is 0.343 e. The van der Waals surface area contributed by atoms with Gasteiger partial charge in [0.1, 0.15) is 0 Å². The van der Waals surface area contributed by atoms with Gasteiger partial charge in [-0.25, -0.2) is 4.99 Å². The van der Waals surface area contributed by atoms with Gasteiger partial charge in [0.25, 0.3) is 5.84 Å². The van der Waals surface area contributed by atoms with E-state index in [1.165, 1.54) is 0 Å². The van der Waals surface area contributed by atoms with Crippen molar-refractivity contribution in [2.75, 3.05) is 6.61 Å². The third kappa shape index (κ3) is 0.808. The van der Waals surface area contributed by atoms with E-state index < -0.39 is 16.7 Å². The zero-order valence-electron chi connectivity index (χ0n) is 10.4. The van der Waals surface area contributed by atoms with Gasteiger partial charge in [-0.3, -0.25) is 5.73 Å². The van der Waals surface area contributed by atoms with Crippen molar-refractivity contribution >= 4 is 5.84 Å². The van der Waals surface area contributed by atoms with E-state index >= 15 is 0 Å². The second kappa shape index (κ2) is 3.03. The summed E-state index contributed by atoms with van der Waals surface area (Å²) in [6.07, 6.45) is 0.565. The minimum absolute atomic E-state index is 0.122. The second-order valence-corrected chi connectivity index (χ2v) is 5.20. The van der Waals surface area contributed by atoms with Crippen LogP contribution in [0, 0.1) is 39.4 Å². The number of hydrogen-bond donors (Lipinski definition) is 2. The Labute approximate surface area is 105 Å². The summed E-state index contributed by atoms with van der Waals surface area (Å²) in [5, 5.41) is 19.1. The lowest BCUT2D eigenvalue weighted by Crippen LogP contribution is -2.90. The van der Waals surface area contributed by atoms with E-state index in [1.807, 2.05) is 13.8 Å². The number of nitrogens with two attached hydrogens (primary N) is 1. The van der Waals surface area contributed by atoms with Crippen LogP contribution in [0.3, 0.4) is 0 Å². The zero-order chi connectivity index (χ0) is 13.2. The topological polar surface area (TPSA) is 106 Å². The fourth-order valence-corrected chi connectivity index (χ4v) is 3.75. The van der Waals surface area contributed by atoms with Crippen LogP contribution >= 0.6 is 0 Å². The van der Waals surface area contributed by atoms with Gasteiger partial charge >= 0.3 is 5.91 Å². The van der Waals surface area contributed by atoms with Gasteiger partial charge in [-0.05, 0) is 13.3 Å². The average molecular weight is 247 g/mol. The zero-order valence-corrected chi connectivity index (χ0v) is 10.4. The summed E-state index contributed by atoms with van der Waals surface area (Å²) in [5.41, 5.74) is 3.95. The molecule has 1 aliphatic carbocycles.